The van der Waals surface area contributed by atoms with Gasteiger partial charge in [0.2, 0.25) is 0 Å². The Balaban J connectivity index is 1.60. The molecule has 174 valence electrons. The molecule has 1 aliphatic rings. The Morgan fingerprint density at radius 3 is 2.31 bits per heavy atom. The van der Waals surface area contributed by atoms with Crippen LogP contribution in [0.5, 0.6) is 5.75 Å². The van der Waals surface area contributed by atoms with Gasteiger partial charge >= 0.3 is 0 Å². The summed E-state index contributed by atoms with van der Waals surface area (Å²) in [6.45, 7) is 0. The molecule has 0 bridgehead atoms. The van der Waals surface area contributed by atoms with Crippen molar-refractivity contribution in [3.63, 3.8) is 0 Å². The SMILES string of the molecule is COc1ccc(N2C(=O)C(O)=C(C(=O)CCc3ccccc3)C2c2cccc3ccccc23)cc1. The number of aryl methyl sites for hydroxylation is 1. The van der Waals surface area contributed by atoms with E-state index in [-0.39, 0.29) is 17.8 Å². The van der Waals surface area contributed by atoms with Gasteiger partial charge in [-0.1, -0.05) is 72.8 Å². The zero-order chi connectivity index (χ0) is 24.4. The van der Waals surface area contributed by atoms with E-state index in [2.05, 4.69) is 0 Å². The minimum Gasteiger partial charge on any atom is -0.503 e. The molecular formula is C30H25NO4. The van der Waals surface area contributed by atoms with Crippen LogP contribution in [0.4, 0.5) is 5.69 Å². The van der Waals surface area contributed by atoms with Crippen LogP contribution in [0.2, 0.25) is 0 Å². The first kappa shape index (κ1) is 22.4. The molecule has 5 heteroatoms. The second-order valence-electron chi connectivity index (χ2n) is 8.52. The molecule has 5 nitrogen and oxygen atoms in total. The number of hydrogen-bond acceptors (Lipinski definition) is 4. The maximum absolute atomic E-state index is 13.6. The van der Waals surface area contributed by atoms with Crippen LogP contribution in [-0.2, 0) is 16.0 Å². The number of Topliss-reactive ketones (excluding diaryl/α,β-unsaturated/α-hetero) is 1. The maximum Gasteiger partial charge on any atom is 0.294 e. The highest BCUT2D eigenvalue weighted by atomic mass is 16.5. The van der Waals surface area contributed by atoms with Gasteiger partial charge in [0.05, 0.1) is 18.7 Å². The third-order valence-corrected chi connectivity index (χ3v) is 6.46. The number of nitrogens with zero attached hydrogens (tertiary/aromatic N) is 1. The number of hydrogen-bond donors (Lipinski definition) is 1. The molecule has 0 aliphatic carbocycles. The number of aliphatic hydroxyl groups excluding tert-OH is 1. The summed E-state index contributed by atoms with van der Waals surface area (Å²) in [5, 5.41) is 12.9. The average molecular weight is 464 g/mol. The largest absolute Gasteiger partial charge is 0.503 e. The lowest BCUT2D eigenvalue weighted by Crippen LogP contribution is -2.31. The Morgan fingerprint density at radius 1 is 0.886 bits per heavy atom. The van der Waals surface area contributed by atoms with Crippen molar-refractivity contribution in [2.75, 3.05) is 12.0 Å². The van der Waals surface area contributed by atoms with Crippen LogP contribution in [0.1, 0.15) is 23.6 Å². The summed E-state index contributed by atoms with van der Waals surface area (Å²) in [4.78, 5) is 28.5. The monoisotopic (exact) mass is 463 g/mol. The van der Waals surface area contributed by atoms with Crippen LogP contribution in [0.25, 0.3) is 10.8 Å². The third kappa shape index (κ3) is 4.17. The molecule has 1 unspecified atom stereocenters. The fourth-order valence-electron chi connectivity index (χ4n) is 4.72. The van der Waals surface area contributed by atoms with Gasteiger partial charge in [-0.15, -0.1) is 0 Å². The van der Waals surface area contributed by atoms with Crippen molar-refractivity contribution in [3.8, 4) is 5.75 Å². The second-order valence-corrected chi connectivity index (χ2v) is 8.52. The number of amides is 1. The minimum absolute atomic E-state index is 0.137. The predicted octanol–water partition coefficient (Wildman–Crippen LogP) is 5.95. The lowest BCUT2D eigenvalue weighted by atomic mass is 9.90. The maximum atomic E-state index is 13.6. The van der Waals surface area contributed by atoms with Crippen LogP contribution in [0.3, 0.4) is 0 Å². The highest BCUT2D eigenvalue weighted by Crippen LogP contribution is 2.43. The van der Waals surface area contributed by atoms with Crippen LogP contribution >= 0.6 is 0 Å². The molecule has 4 aromatic rings. The van der Waals surface area contributed by atoms with Gasteiger partial charge in [-0.05, 0) is 52.6 Å². The van der Waals surface area contributed by atoms with Gasteiger partial charge in [-0.2, -0.15) is 0 Å². The highest BCUT2D eigenvalue weighted by molar-refractivity contribution is 6.17. The molecule has 0 fully saturated rings. The molecular weight excluding hydrogens is 438 g/mol. The number of benzene rings is 4. The van der Waals surface area contributed by atoms with Gasteiger partial charge in [0.25, 0.3) is 5.91 Å². The summed E-state index contributed by atoms with van der Waals surface area (Å²) in [6.07, 6.45) is 0.712. The first-order valence-corrected chi connectivity index (χ1v) is 11.5. The zero-order valence-electron chi connectivity index (χ0n) is 19.3. The Bertz CT molecular complexity index is 1420. The van der Waals surface area contributed by atoms with Crippen molar-refractivity contribution in [2.24, 2.45) is 0 Å². The molecule has 0 spiro atoms. The topological polar surface area (TPSA) is 66.8 Å². The molecule has 0 radical (unpaired) electrons. The number of ether oxygens (including phenoxy) is 1. The number of methoxy groups -OCH3 is 1. The normalized spacial score (nSPS) is 15.6. The zero-order valence-corrected chi connectivity index (χ0v) is 19.3. The standard InChI is InChI=1S/C30H25NO4/c1-35-23-17-15-22(16-18-23)31-28(25-13-7-11-21-10-5-6-12-24(21)25)27(29(33)30(31)34)26(32)19-14-20-8-3-2-4-9-20/h2-13,15-18,28,33H,14,19H2,1H3. The van der Waals surface area contributed by atoms with Crippen molar-refractivity contribution in [3.05, 3.63) is 120 Å². The van der Waals surface area contributed by atoms with E-state index >= 15 is 0 Å². The molecule has 0 saturated heterocycles. The van der Waals surface area contributed by atoms with Gasteiger partial charge in [0, 0.05) is 12.1 Å². The Kier molecular flexibility index (Phi) is 6.06. The van der Waals surface area contributed by atoms with Crippen LogP contribution in [0, 0.1) is 0 Å². The number of fused-ring (bicyclic) bond motifs is 1. The molecule has 1 aliphatic heterocycles. The first-order chi connectivity index (χ1) is 17.1. The van der Waals surface area contributed by atoms with Crippen molar-refractivity contribution in [1.29, 1.82) is 0 Å². The lowest BCUT2D eigenvalue weighted by molar-refractivity contribution is -0.118. The fraction of sp³-hybridized carbons (Fsp3) is 0.133. The Morgan fingerprint density at radius 2 is 1.57 bits per heavy atom. The van der Waals surface area contributed by atoms with E-state index in [0.717, 1.165) is 21.9 Å². The smallest absolute Gasteiger partial charge is 0.294 e. The van der Waals surface area contributed by atoms with Gasteiger partial charge in [-0.25, -0.2) is 0 Å². The first-order valence-electron chi connectivity index (χ1n) is 11.5. The van der Waals surface area contributed by atoms with E-state index in [1.165, 1.54) is 4.90 Å². The van der Waals surface area contributed by atoms with Crippen LogP contribution in [-0.4, -0.2) is 23.9 Å². The number of carbonyl (C=O) groups excluding carboxylic acids is 2. The summed E-state index contributed by atoms with van der Waals surface area (Å²) >= 11 is 0. The molecule has 5 rings (SSSR count). The molecule has 0 saturated carbocycles. The summed E-state index contributed by atoms with van der Waals surface area (Å²) in [5.41, 5.74) is 2.53. The minimum atomic E-state index is -0.745. The van der Waals surface area contributed by atoms with Crippen LogP contribution in [0.15, 0.2) is 108 Å². The Labute approximate surface area is 203 Å². The third-order valence-electron chi connectivity index (χ3n) is 6.46. The van der Waals surface area contributed by atoms with E-state index in [0.29, 0.717) is 17.9 Å². The number of ketones is 1. The Hall–Kier alpha value is -4.38. The predicted molar refractivity (Wildman–Crippen MR) is 137 cm³/mol. The van der Waals surface area contributed by atoms with Crippen LogP contribution < -0.4 is 9.64 Å². The fourth-order valence-corrected chi connectivity index (χ4v) is 4.72. The molecule has 4 aromatic carbocycles. The average Bonchev–Trinajstić information content (AvgIpc) is 3.17. The number of carbonyl (C=O) groups is 2. The summed E-state index contributed by atoms with van der Waals surface area (Å²) in [5.74, 6) is -0.667. The molecule has 1 atom stereocenters. The van der Waals surface area contributed by atoms with Crippen molar-refractivity contribution in [1.82, 2.24) is 0 Å². The van der Waals surface area contributed by atoms with Gasteiger partial charge in [-0.3, -0.25) is 14.5 Å². The van der Waals surface area contributed by atoms with E-state index < -0.39 is 17.7 Å². The highest BCUT2D eigenvalue weighted by Gasteiger charge is 2.44. The molecule has 1 N–H and O–H groups in total. The second kappa shape index (κ2) is 9.47. The number of aliphatic hydroxyl groups is 1. The summed E-state index contributed by atoms with van der Waals surface area (Å²) < 4.78 is 5.26. The lowest BCUT2D eigenvalue weighted by Gasteiger charge is -2.28. The van der Waals surface area contributed by atoms with Gasteiger partial charge < -0.3 is 9.84 Å². The van der Waals surface area contributed by atoms with E-state index in [1.54, 1.807) is 31.4 Å². The van der Waals surface area contributed by atoms with Crippen molar-refractivity contribution >= 4 is 28.2 Å². The van der Waals surface area contributed by atoms with E-state index in [4.69, 9.17) is 4.74 Å². The molecule has 1 amide bonds. The molecule has 1 heterocycles. The number of anilines is 1. The summed E-state index contributed by atoms with van der Waals surface area (Å²) in [6, 6.07) is 29.7. The molecule has 0 aromatic heterocycles. The quantitative estimate of drug-likeness (QED) is 0.368. The van der Waals surface area contributed by atoms with E-state index in [9.17, 15) is 14.7 Å². The van der Waals surface area contributed by atoms with Gasteiger partial charge in [0.15, 0.2) is 11.5 Å². The number of rotatable bonds is 7. The van der Waals surface area contributed by atoms with Crippen molar-refractivity contribution in [2.45, 2.75) is 18.9 Å². The van der Waals surface area contributed by atoms with E-state index in [1.807, 2.05) is 72.8 Å². The van der Waals surface area contributed by atoms with Gasteiger partial charge in [0.1, 0.15) is 5.75 Å². The summed E-state index contributed by atoms with van der Waals surface area (Å²) in [7, 11) is 1.58. The molecule has 35 heavy (non-hydrogen) atoms. The van der Waals surface area contributed by atoms with Crippen molar-refractivity contribution < 1.29 is 19.4 Å².